The summed E-state index contributed by atoms with van der Waals surface area (Å²) in [5.41, 5.74) is 5.57. The van der Waals surface area contributed by atoms with Gasteiger partial charge in [-0.05, 0) is 32.7 Å². The summed E-state index contributed by atoms with van der Waals surface area (Å²) in [5.74, 6) is -0.311. The zero-order valence-corrected chi connectivity index (χ0v) is 13.3. The van der Waals surface area contributed by atoms with E-state index < -0.39 is 5.54 Å². The van der Waals surface area contributed by atoms with Gasteiger partial charge in [-0.3, -0.25) is 9.59 Å². The van der Waals surface area contributed by atoms with Crippen molar-refractivity contribution in [2.45, 2.75) is 55.0 Å². The normalized spacial score (nSPS) is 25.1. The lowest BCUT2D eigenvalue weighted by Crippen LogP contribution is -2.52. The van der Waals surface area contributed by atoms with Gasteiger partial charge in [0.15, 0.2) is 5.16 Å². The maximum Gasteiger partial charge on any atom is 0.251 e. The Labute approximate surface area is 128 Å². The van der Waals surface area contributed by atoms with Crippen molar-refractivity contribution in [3.8, 4) is 0 Å². The number of primary amides is 1. The second-order valence-electron chi connectivity index (χ2n) is 5.47. The van der Waals surface area contributed by atoms with Crippen LogP contribution in [0, 0.1) is 0 Å². The number of nitrogens with zero attached hydrogens (tertiary/aromatic N) is 1. The molecule has 2 unspecified atom stereocenters. The van der Waals surface area contributed by atoms with E-state index in [1.807, 2.05) is 0 Å². The van der Waals surface area contributed by atoms with E-state index in [-0.39, 0.29) is 16.7 Å². The van der Waals surface area contributed by atoms with Gasteiger partial charge >= 0.3 is 0 Å². The van der Waals surface area contributed by atoms with Gasteiger partial charge < -0.3 is 16.0 Å². The molecule has 2 atom stereocenters. The van der Waals surface area contributed by atoms with Gasteiger partial charge in [0.2, 0.25) is 5.91 Å². The van der Waals surface area contributed by atoms with Crippen LogP contribution in [0.4, 0.5) is 0 Å². The van der Waals surface area contributed by atoms with E-state index >= 15 is 0 Å². The van der Waals surface area contributed by atoms with Crippen molar-refractivity contribution < 1.29 is 4.79 Å². The molecule has 6 nitrogen and oxygen atoms in total. The summed E-state index contributed by atoms with van der Waals surface area (Å²) in [4.78, 5) is 30.5. The topological polar surface area (TPSA) is 101 Å². The molecular weight excluding hydrogens is 288 g/mol. The molecule has 0 spiro atoms. The van der Waals surface area contributed by atoms with Crippen molar-refractivity contribution in [1.82, 2.24) is 15.3 Å². The third kappa shape index (κ3) is 3.65. The van der Waals surface area contributed by atoms with Crippen molar-refractivity contribution in [2.24, 2.45) is 5.73 Å². The van der Waals surface area contributed by atoms with Crippen molar-refractivity contribution in [1.29, 1.82) is 0 Å². The first-order valence-electron chi connectivity index (χ1n) is 7.25. The molecule has 1 heterocycles. The molecule has 0 bridgehead atoms. The van der Waals surface area contributed by atoms with Gasteiger partial charge in [-0.2, -0.15) is 0 Å². The van der Waals surface area contributed by atoms with Crippen LogP contribution in [-0.4, -0.2) is 33.7 Å². The van der Waals surface area contributed by atoms with Crippen LogP contribution in [0.3, 0.4) is 0 Å². The SMILES string of the molecule is CCCc1cc(=O)[nH]c(SC2CCC(NC)(C(N)=O)C2)n1. The number of aromatic nitrogens is 2. The lowest BCUT2D eigenvalue weighted by atomic mass is 9.97. The standard InChI is InChI=1S/C14H22N4O2S/c1-3-4-9-7-11(19)18-13(17-9)21-10-5-6-14(8-10,16-2)12(15)20/h7,10,16H,3-6,8H2,1-2H3,(H2,15,20)(H,17,18,19). The van der Waals surface area contributed by atoms with Crippen LogP contribution in [0.5, 0.6) is 0 Å². The summed E-state index contributed by atoms with van der Waals surface area (Å²) >= 11 is 1.53. The number of thioether (sulfide) groups is 1. The predicted octanol–water partition coefficient (Wildman–Crippen LogP) is 0.811. The first-order chi connectivity index (χ1) is 9.99. The summed E-state index contributed by atoms with van der Waals surface area (Å²) in [5, 5.41) is 3.91. The third-order valence-corrected chi connectivity index (χ3v) is 5.13. The molecule has 1 amide bonds. The van der Waals surface area contributed by atoms with Gasteiger partial charge in [-0.25, -0.2) is 4.98 Å². The van der Waals surface area contributed by atoms with Crippen LogP contribution in [-0.2, 0) is 11.2 Å². The second kappa shape index (κ2) is 6.62. The number of aryl methyl sites for hydroxylation is 1. The molecule has 21 heavy (non-hydrogen) atoms. The molecule has 1 fully saturated rings. The first kappa shape index (κ1) is 16.0. The van der Waals surface area contributed by atoms with Crippen LogP contribution >= 0.6 is 11.8 Å². The molecule has 116 valence electrons. The Kier molecular flexibility index (Phi) is 5.05. The Morgan fingerprint density at radius 2 is 2.43 bits per heavy atom. The van der Waals surface area contributed by atoms with E-state index in [0.29, 0.717) is 11.6 Å². The van der Waals surface area contributed by atoms with Crippen LogP contribution < -0.4 is 16.6 Å². The number of nitrogens with two attached hydrogens (primary N) is 1. The first-order valence-corrected chi connectivity index (χ1v) is 8.13. The Balaban J connectivity index is 2.10. The summed E-state index contributed by atoms with van der Waals surface area (Å²) in [7, 11) is 1.76. The van der Waals surface area contributed by atoms with E-state index in [0.717, 1.165) is 31.4 Å². The molecule has 1 aliphatic rings. The average molecular weight is 310 g/mol. The van der Waals surface area contributed by atoms with Gasteiger partial charge in [-0.1, -0.05) is 25.1 Å². The maximum atomic E-state index is 11.7. The Morgan fingerprint density at radius 1 is 1.67 bits per heavy atom. The van der Waals surface area contributed by atoms with Crippen molar-refractivity contribution >= 4 is 17.7 Å². The van der Waals surface area contributed by atoms with Gasteiger partial charge in [0.05, 0.1) is 5.54 Å². The quantitative estimate of drug-likeness (QED) is 0.675. The molecule has 1 saturated carbocycles. The Hall–Kier alpha value is -1.34. The van der Waals surface area contributed by atoms with E-state index in [1.54, 1.807) is 13.1 Å². The van der Waals surface area contributed by atoms with E-state index in [1.165, 1.54) is 11.8 Å². The summed E-state index contributed by atoms with van der Waals surface area (Å²) in [6.07, 6.45) is 4.00. The lowest BCUT2D eigenvalue weighted by molar-refractivity contribution is -0.124. The number of likely N-dealkylation sites (N-methyl/N-ethyl adjacent to an activating group) is 1. The molecule has 2 rings (SSSR count). The number of rotatable bonds is 6. The third-order valence-electron chi connectivity index (χ3n) is 3.98. The molecule has 0 aliphatic heterocycles. The largest absolute Gasteiger partial charge is 0.368 e. The van der Waals surface area contributed by atoms with Crippen LogP contribution in [0.25, 0.3) is 0 Å². The minimum Gasteiger partial charge on any atom is -0.368 e. The molecule has 1 aliphatic carbocycles. The Bertz CT molecular complexity index is 574. The van der Waals surface area contributed by atoms with Gasteiger partial charge in [0, 0.05) is 17.0 Å². The molecule has 0 aromatic carbocycles. The number of amides is 1. The molecule has 1 aromatic heterocycles. The van der Waals surface area contributed by atoms with E-state index in [4.69, 9.17) is 5.73 Å². The molecule has 0 saturated heterocycles. The van der Waals surface area contributed by atoms with Gasteiger partial charge in [0.25, 0.3) is 5.56 Å². The van der Waals surface area contributed by atoms with Crippen molar-refractivity contribution in [3.05, 3.63) is 22.1 Å². The number of carbonyl (C=O) groups excluding carboxylic acids is 1. The highest BCUT2D eigenvalue weighted by Crippen LogP contribution is 2.38. The Morgan fingerprint density at radius 3 is 3.00 bits per heavy atom. The highest BCUT2D eigenvalue weighted by molar-refractivity contribution is 7.99. The van der Waals surface area contributed by atoms with Crippen LogP contribution in [0.15, 0.2) is 16.0 Å². The number of hydrogen-bond acceptors (Lipinski definition) is 5. The summed E-state index contributed by atoms with van der Waals surface area (Å²) in [6.45, 7) is 2.06. The number of carbonyl (C=O) groups is 1. The fraction of sp³-hybridized carbons (Fsp3) is 0.643. The minimum atomic E-state index is -0.626. The highest BCUT2D eigenvalue weighted by atomic mass is 32.2. The predicted molar refractivity (Wildman–Crippen MR) is 83.3 cm³/mol. The number of nitrogens with one attached hydrogen (secondary N) is 2. The van der Waals surface area contributed by atoms with Crippen molar-refractivity contribution in [2.75, 3.05) is 7.05 Å². The zero-order chi connectivity index (χ0) is 15.5. The highest BCUT2D eigenvalue weighted by Gasteiger charge is 2.43. The number of aromatic amines is 1. The van der Waals surface area contributed by atoms with Crippen LogP contribution in [0.1, 0.15) is 38.3 Å². The monoisotopic (exact) mass is 310 g/mol. The summed E-state index contributed by atoms with van der Waals surface area (Å²) < 4.78 is 0. The van der Waals surface area contributed by atoms with Gasteiger partial charge in [0.1, 0.15) is 0 Å². The fourth-order valence-electron chi connectivity index (χ4n) is 2.76. The maximum absolute atomic E-state index is 11.7. The smallest absolute Gasteiger partial charge is 0.251 e. The fourth-order valence-corrected chi connectivity index (χ4v) is 4.00. The summed E-state index contributed by atoms with van der Waals surface area (Å²) in [6, 6.07) is 1.55. The molecular formula is C14H22N4O2S. The van der Waals surface area contributed by atoms with Crippen LogP contribution in [0.2, 0.25) is 0 Å². The molecule has 4 N–H and O–H groups in total. The second-order valence-corrected chi connectivity index (χ2v) is 6.76. The molecule has 1 aromatic rings. The van der Waals surface area contributed by atoms with Crippen molar-refractivity contribution in [3.63, 3.8) is 0 Å². The minimum absolute atomic E-state index is 0.122. The number of hydrogen-bond donors (Lipinski definition) is 3. The lowest BCUT2D eigenvalue weighted by Gasteiger charge is -2.24. The molecule has 0 radical (unpaired) electrons. The zero-order valence-electron chi connectivity index (χ0n) is 12.4. The van der Waals surface area contributed by atoms with E-state index in [9.17, 15) is 9.59 Å². The number of H-pyrrole nitrogens is 1. The molecule has 7 heteroatoms. The average Bonchev–Trinajstić information content (AvgIpc) is 2.83. The van der Waals surface area contributed by atoms with Gasteiger partial charge in [-0.15, -0.1) is 0 Å². The van der Waals surface area contributed by atoms with E-state index in [2.05, 4.69) is 22.2 Å².